The maximum atomic E-state index is 5.70. The van der Waals surface area contributed by atoms with E-state index in [1.807, 2.05) is 30.3 Å². The van der Waals surface area contributed by atoms with Gasteiger partial charge < -0.3 is 5.32 Å². The second-order valence-electron chi connectivity index (χ2n) is 2.89. The van der Waals surface area contributed by atoms with Crippen LogP contribution in [0.1, 0.15) is 0 Å². The molecule has 1 aromatic heterocycles. The van der Waals surface area contributed by atoms with Gasteiger partial charge in [0.05, 0.1) is 0 Å². The van der Waals surface area contributed by atoms with Crippen molar-refractivity contribution in [2.75, 3.05) is 10.7 Å². The van der Waals surface area contributed by atoms with E-state index in [1.54, 1.807) is 0 Å². The minimum absolute atomic E-state index is 0.0707. The summed E-state index contributed by atoms with van der Waals surface area (Å²) in [6.07, 6.45) is 0. The quantitative estimate of drug-likeness (QED) is 0.554. The minimum atomic E-state index is 0.0707. The number of para-hydroxylation sites is 1. The standard InChI is InChI=1S/C9H9ClN6/c10-7-13-8(15-9(14-7)16-11)12-6-4-2-1-3-5-6/h1-5H,11H2,(H2,12,13,14,15,16). The fraction of sp³-hybridized carbons (Fsp3) is 0. The molecule has 0 aliphatic carbocycles. The number of nitrogens with two attached hydrogens (primary N) is 1. The molecule has 2 rings (SSSR count). The fourth-order valence-electron chi connectivity index (χ4n) is 1.12. The molecule has 0 radical (unpaired) electrons. The van der Waals surface area contributed by atoms with E-state index in [4.69, 9.17) is 17.4 Å². The van der Waals surface area contributed by atoms with Gasteiger partial charge in [0.1, 0.15) is 0 Å². The molecule has 82 valence electrons. The van der Waals surface area contributed by atoms with Crippen LogP contribution >= 0.6 is 11.6 Å². The lowest BCUT2D eigenvalue weighted by Crippen LogP contribution is -2.12. The third-order valence-electron chi connectivity index (χ3n) is 1.77. The van der Waals surface area contributed by atoms with Crippen molar-refractivity contribution >= 4 is 29.2 Å². The lowest BCUT2D eigenvalue weighted by Gasteiger charge is -2.05. The molecule has 0 saturated heterocycles. The summed E-state index contributed by atoms with van der Waals surface area (Å²) in [5.74, 6) is 5.73. The first-order chi connectivity index (χ1) is 7.78. The maximum Gasteiger partial charge on any atom is 0.243 e. The summed E-state index contributed by atoms with van der Waals surface area (Å²) in [6, 6.07) is 9.47. The number of aromatic nitrogens is 3. The van der Waals surface area contributed by atoms with Crippen molar-refractivity contribution in [3.8, 4) is 0 Å². The highest BCUT2D eigenvalue weighted by Crippen LogP contribution is 2.14. The first-order valence-corrected chi connectivity index (χ1v) is 4.86. The Labute approximate surface area is 96.9 Å². The average Bonchev–Trinajstić information content (AvgIpc) is 2.29. The summed E-state index contributed by atoms with van der Waals surface area (Å²) >= 11 is 5.70. The fourth-order valence-corrected chi connectivity index (χ4v) is 1.28. The molecule has 0 unspecified atom stereocenters. The number of hydrazine groups is 1. The number of rotatable bonds is 3. The molecular weight excluding hydrogens is 228 g/mol. The first kappa shape index (κ1) is 10.6. The van der Waals surface area contributed by atoms with Crippen LogP contribution in [0.3, 0.4) is 0 Å². The topological polar surface area (TPSA) is 88.8 Å². The summed E-state index contributed by atoms with van der Waals surface area (Å²) in [5.41, 5.74) is 3.16. The van der Waals surface area contributed by atoms with Gasteiger partial charge in [-0.2, -0.15) is 15.0 Å². The largest absolute Gasteiger partial charge is 0.324 e. The third-order valence-corrected chi connectivity index (χ3v) is 1.94. The molecule has 1 heterocycles. The molecule has 0 bridgehead atoms. The lowest BCUT2D eigenvalue weighted by molar-refractivity contribution is 1.04. The van der Waals surface area contributed by atoms with E-state index in [-0.39, 0.29) is 11.2 Å². The van der Waals surface area contributed by atoms with E-state index in [0.717, 1.165) is 5.69 Å². The average molecular weight is 237 g/mol. The maximum absolute atomic E-state index is 5.70. The van der Waals surface area contributed by atoms with Crippen molar-refractivity contribution in [2.45, 2.75) is 0 Å². The van der Waals surface area contributed by atoms with Gasteiger partial charge >= 0.3 is 0 Å². The molecule has 0 fully saturated rings. The van der Waals surface area contributed by atoms with Crippen molar-refractivity contribution in [3.63, 3.8) is 0 Å². The summed E-state index contributed by atoms with van der Waals surface area (Å²) < 4.78 is 0. The van der Waals surface area contributed by atoms with Crippen LogP contribution < -0.4 is 16.6 Å². The lowest BCUT2D eigenvalue weighted by atomic mass is 10.3. The van der Waals surface area contributed by atoms with Crippen molar-refractivity contribution < 1.29 is 0 Å². The van der Waals surface area contributed by atoms with Crippen LogP contribution in [0.15, 0.2) is 30.3 Å². The van der Waals surface area contributed by atoms with E-state index in [2.05, 4.69) is 25.7 Å². The van der Waals surface area contributed by atoms with Crippen molar-refractivity contribution in [3.05, 3.63) is 35.6 Å². The first-order valence-electron chi connectivity index (χ1n) is 4.48. The smallest absolute Gasteiger partial charge is 0.243 e. The van der Waals surface area contributed by atoms with Gasteiger partial charge in [0, 0.05) is 5.69 Å². The number of anilines is 3. The van der Waals surface area contributed by atoms with Gasteiger partial charge in [-0.3, -0.25) is 5.43 Å². The Hall–Kier alpha value is -1.92. The highest BCUT2D eigenvalue weighted by molar-refractivity contribution is 6.28. The molecule has 6 nitrogen and oxygen atoms in total. The Bertz CT molecular complexity index is 475. The molecular formula is C9H9ClN6. The van der Waals surface area contributed by atoms with E-state index in [1.165, 1.54) is 0 Å². The van der Waals surface area contributed by atoms with E-state index in [0.29, 0.717) is 5.95 Å². The van der Waals surface area contributed by atoms with Crippen molar-refractivity contribution in [2.24, 2.45) is 5.84 Å². The second-order valence-corrected chi connectivity index (χ2v) is 3.23. The van der Waals surface area contributed by atoms with Crippen LogP contribution in [0.5, 0.6) is 0 Å². The predicted molar refractivity (Wildman–Crippen MR) is 62.4 cm³/mol. The van der Waals surface area contributed by atoms with Crippen molar-refractivity contribution in [1.29, 1.82) is 0 Å². The van der Waals surface area contributed by atoms with Gasteiger partial charge in [0.2, 0.25) is 17.2 Å². The van der Waals surface area contributed by atoms with Gasteiger partial charge in [-0.25, -0.2) is 5.84 Å². The van der Waals surface area contributed by atoms with E-state index in [9.17, 15) is 0 Å². The Balaban J connectivity index is 2.24. The van der Waals surface area contributed by atoms with Crippen LogP contribution in [0.2, 0.25) is 5.28 Å². The molecule has 0 spiro atoms. The monoisotopic (exact) mass is 236 g/mol. The number of nitrogen functional groups attached to an aromatic ring is 1. The van der Waals surface area contributed by atoms with Gasteiger partial charge in [-0.15, -0.1) is 0 Å². The number of hydrogen-bond donors (Lipinski definition) is 3. The molecule has 0 aliphatic rings. The molecule has 2 aromatic rings. The number of nitrogens with zero attached hydrogens (tertiary/aromatic N) is 3. The highest BCUT2D eigenvalue weighted by Gasteiger charge is 2.03. The summed E-state index contributed by atoms with van der Waals surface area (Å²) in [5, 5.41) is 3.05. The molecule has 0 saturated carbocycles. The number of nitrogens with one attached hydrogen (secondary N) is 2. The molecule has 0 atom stereocenters. The zero-order valence-electron chi connectivity index (χ0n) is 8.18. The van der Waals surface area contributed by atoms with Crippen molar-refractivity contribution in [1.82, 2.24) is 15.0 Å². The Kier molecular flexibility index (Phi) is 3.13. The second kappa shape index (κ2) is 4.73. The van der Waals surface area contributed by atoms with Gasteiger partial charge in [-0.05, 0) is 23.7 Å². The number of halogens is 1. The Morgan fingerprint density at radius 1 is 1.00 bits per heavy atom. The summed E-state index contributed by atoms with van der Waals surface area (Å²) in [6.45, 7) is 0. The molecule has 0 aliphatic heterocycles. The number of hydrogen-bond acceptors (Lipinski definition) is 6. The number of benzene rings is 1. The molecule has 7 heteroatoms. The Morgan fingerprint density at radius 2 is 1.69 bits per heavy atom. The van der Waals surface area contributed by atoms with Gasteiger partial charge in [0.15, 0.2) is 0 Å². The SMILES string of the molecule is NNc1nc(Cl)nc(Nc2ccccc2)n1. The van der Waals surface area contributed by atoms with Crippen LogP contribution in [-0.2, 0) is 0 Å². The van der Waals surface area contributed by atoms with E-state index >= 15 is 0 Å². The van der Waals surface area contributed by atoms with Gasteiger partial charge in [0.25, 0.3) is 0 Å². The molecule has 4 N–H and O–H groups in total. The Morgan fingerprint density at radius 3 is 2.38 bits per heavy atom. The van der Waals surface area contributed by atoms with Crippen LogP contribution in [0.4, 0.5) is 17.6 Å². The van der Waals surface area contributed by atoms with Crippen LogP contribution in [0, 0.1) is 0 Å². The normalized spacial score (nSPS) is 9.88. The third kappa shape index (κ3) is 2.56. The predicted octanol–water partition coefficient (Wildman–Crippen LogP) is 1.55. The minimum Gasteiger partial charge on any atom is -0.324 e. The zero-order valence-corrected chi connectivity index (χ0v) is 8.94. The van der Waals surface area contributed by atoms with Crippen LogP contribution in [-0.4, -0.2) is 15.0 Å². The molecule has 16 heavy (non-hydrogen) atoms. The highest BCUT2D eigenvalue weighted by atomic mass is 35.5. The summed E-state index contributed by atoms with van der Waals surface area (Å²) in [7, 11) is 0. The molecule has 0 amide bonds. The molecule has 1 aromatic carbocycles. The zero-order chi connectivity index (χ0) is 11.4. The van der Waals surface area contributed by atoms with Crippen LogP contribution in [0.25, 0.3) is 0 Å². The van der Waals surface area contributed by atoms with Gasteiger partial charge in [-0.1, -0.05) is 18.2 Å². The van der Waals surface area contributed by atoms with E-state index < -0.39 is 0 Å². The summed E-state index contributed by atoms with van der Waals surface area (Å²) in [4.78, 5) is 11.7.